The molecule has 7 heavy (non-hydrogen) atoms. The highest BCUT2D eigenvalue weighted by Crippen LogP contribution is 1.72. The lowest BCUT2D eigenvalue weighted by molar-refractivity contribution is -0.470. The molecule has 0 radical (unpaired) electrons. The van der Waals surface area contributed by atoms with Crippen molar-refractivity contribution >= 4 is 28.9 Å². The van der Waals surface area contributed by atoms with Crippen molar-refractivity contribution in [3.63, 3.8) is 0 Å². The molecule has 4 heteroatoms. The Labute approximate surface area is 59.3 Å². The number of hydrogen-bond acceptors (Lipinski definition) is 0. The molecule has 0 bridgehead atoms. The van der Waals surface area contributed by atoms with E-state index in [0.29, 0.717) is 6.00 Å². The van der Waals surface area contributed by atoms with Gasteiger partial charge in [-0.05, 0) is 11.6 Å². The van der Waals surface area contributed by atoms with Crippen molar-refractivity contribution in [2.45, 2.75) is 0 Å². The molecule has 0 atom stereocenters. The molecule has 0 aromatic heterocycles. The Morgan fingerprint density at radius 3 is 2.14 bits per heavy atom. The van der Waals surface area contributed by atoms with Crippen molar-refractivity contribution in [3.05, 3.63) is 0 Å². The highest BCUT2D eigenvalue weighted by molar-refractivity contribution is 6.54. The summed E-state index contributed by atoms with van der Waals surface area (Å²) in [4.78, 5) is 0. The van der Waals surface area contributed by atoms with Gasteiger partial charge in [0, 0.05) is 0 Å². The topological polar surface area (TPSA) is 3.01 Å². The van der Waals surface area contributed by atoms with E-state index in [4.69, 9.17) is 23.2 Å². The SMILES string of the molecule is C[N+](=CCl)CCl.[Cl-]. The van der Waals surface area contributed by atoms with Crippen LogP contribution in [0, 0.1) is 0 Å². The molecular formula is C3H6Cl3N. The Hall–Kier alpha value is 0.540. The molecular weight excluding hydrogens is 156 g/mol. The van der Waals surface area contributed by atoms with Crippen molar-refractivity contribution in [1.82, 2.24) is 0 Å². The lowest BCUT2D eigenvalue weighted by atomic mass is 11.1. The summed E-state index contributed by atoms with van der Waals surface area (Å²) in [5.41, 5.74) is 1.40. The maximum absolute atomic E-state index is 5.26. The van der Waals surface area contributed by atoms with Crippen molar-refractivity contribution in [2.24, 2.45) is 0 Å². The fourth-order valence-electron chi connectivity index (χ4n) is 0.0261. The van der Waals surface area contributed by atoms with Crippen LogP contribution in [0.15, 0.2) is 0 Å². The minimum atomic E-state index is 0. The molecule has 0 aliphatic rings. The molecule has 0 saturated carbocycles. The Morgan fingerprint density at radius 1 is 1.71 bits per heavy atom. The summed E-state index contributed by atoms with van der Waals surface area (Å²) in [6, 6.07) is 0.448. The fraction of sp³-hybridized carbons (Fsp3) is 0.667. The van der Waals surface area contributed by atoms with E-state index >= 15 is 0 Å². The van der Waals surface area contributed by atoms with Crippen LogP contribution in [0.1, 0.15) is 0 Å². The zero-order chi connectivity index (χ0) is 4.99. The number of halogens is 3. The van der Waals surface area contributed by atoms with Gasteiger partial charge in [0.1, 0.15) is 7.05 Å². The van der Waals surface area contributed by atoms with E-state index in [-0.39, 0.29) is 12.4 Å². The summed E-state index contributed by atoms with van der Waals surface area (Å²) < 4.78 is 1.66. The molecule has 0 unspecified atom stereocenters. The maximum atomic E-state index is 5.26. The van der Waals surface area contributed by atoms with E-state index in [1.807, 2.05) is 0 Å². The number of rotatable bonds is 1. The molecule has 0 aliphatic carbocycles. The summed E-state index contributed by atoms with van der Waals surface area (Å²) in [6.07, 6.45) is 0. The third-order valence-corrected chi connectivity index (χ3v) is 1.07. The normalized spacial score (nSPS) is 10.4. The molecule has 0 amide bonds. The molecule has 44 valence electrons. The molecule has 1 nitrogen and oxygen atoms in total. The van der Waals surface area contributed by atoms with Crippen molar-refractivity contribution in [2.75, 3.05) is 13.1 Å². The van der Waals surface area contributed by atoms with Gasteiger partial charge in [-0.25, -0.2) is 4.58 Å². The highest BCUT2D eigenvalue weighted by atomic mass is 35.5. The lowest BCUT2D eigenvalue weighted by Gasteiger charge is -1.78. The van der Waals surface area contributed by atoms with Gasteiger partial charge in [-0.3, -0.25) is 0 Å². The van der Waals surface area contributed by atoms with Crippen LogP contribution in [0.2, 0.25) is 0 Å². The van der Waals surface area contributed by atoms with E-state index in [2.05, 4.69) is 0 Å². The lowest BCUT2D eigenvalue weighted by Crippen LogP contribution is -3.00. The fourth-order valence-corrected chi connectivity index (χ4v) is 0.235. The average Bonchev–Trinajstić information content (AvgIpc) is 1.65. The molecule has 0 spiro atoms. The average molecular weight is 162 g/mol. The van der Waals surface area contributed by atoms with Crippen LogP contribution in [-0.4, -0.2) is 23.3 Å². The Bertz CT molecular complexity index is 61.2. The van der Waals surface area contributed by atoms with Crippen molar-refractivity contribution in [1.29, 1.82) is 0 Å². The van der Waals surface area contributed by atoms with E-state index in [1.165, 1.54) is 5.67 Å². The summed E-state index contributed by atoms with van der Waals surface area (Å²) in [5, 5.41) is 0. The van der Waals surface area contributed by atoms with Crippen LogP contribution >= 0.6 is 23.2 Å². The summed E-state index contributed by atoms with van der Waals surface area (Å²) >= 11 is 10.4. The van der Waals surface area contributed by atoms with Gasteiger partial charge in [0.15, 0.2) is 0 Å². The Kier molecular flexibility index (Phi) is 9.82. The van der Waals surface area contributed by atoms with Gasteiger partial charge < -0.3 is 12.4 Å². The van der Waals surface area contributed by atoms with Crippen LogP contribution in [0.3, 0.4) is 0 Å². The summed E-state index contributed by atoms with van der Waals surface area (Å²) in [6.45, 7) is 0. The van der Waals surface area contributed by atoms with Gasteiger partial charge in [-0.15, -0.1) is 0 Å². The van der Waals surface area contributed by atoms with Gasteiger partial charge >= 0.3 is 0 Å². The first-order valence-corrected chi connectivity index (χ1v) is 2.48. The van der Waals surface area contributed by atoms with Crippen LogP contribution in [0.4, 0.5) is 0 Å². The third kappa shape index (κ3) is 6.54. The molecule has 0 saturated heterocycles. The summed E-state index contributed by atoms with van der Waals surface area (Å²) in [7, 11) is 1.79. The van der Waals surface area contributed by atoms with E-state index in [9.17, 15) is 0 Å². The predicted molar refractivity (Wildman–Crippen MR) is 28.8 cm³/mol. The van der Waals surface area contributed by atoms with E-state index in [0.717, 1.165) is 0 Å². The van der Waals surface area contributed by atoms with Crippen molar-refractivity contribution < 1.29 is 17.0 Å². The minimum Gasteiger partial charge on any atom is -1.00 e. The first kappa shape index (κ1) is 10.5. The maximum Gasteiger partial charge on any atom is 0.233 e. The van der Waals surface area contributed by atoms with Gasteiger partial charge in [-0.2, -0.15) is 0 Å². The monoisotopic (exact) mass is 161 g/mol. The zero-order valence-corrected chi connectivity index (χ0v) is 6.13. The second kappa shape index (κ2) is 6.54. The van der Waals surface area contributed by atoms with Gasteiger partial charge in [0.25, 0.3) is 0 Å². The first-order valence-electron chi connectivity index (χ1n) is 1.51. The molecule has 0 N–H and O–H groups in total. The Balaban J connectivity index is 0. The molecule has 0 aromatic rings. The van der Waals surface area contributed by atoms with Gasteiger partial charge in [0.05, 0.1) is 0 Å². The van der Waals surface area contributed by atoms with Gasteiger partial charge in [0.2, 0.25) is 11.7 Å². The van der Waals surface area contributed by atoms with Gasteiger partial charge in [-0.1, -0.05) is 11.6 Å². The second-order valence-corrected chi connectivity index (χ2v) is 1.41. The number of hydrogen-bond donors (Lipinski definition) is 0. The predicted octanol–water partition coefficient (Wildman–Crippen LogP) is -1.90. The van der Waals surface area contributed by atoms with Crippen LogP contribution in [-0.2, 0) is 0 Å². The quantitative estimate of drug-likeness (QED) is 0.183. The highest BCUT2D eigenvalue weighted by Gasteiger charge is 1.81. The van der Waals surface area contributed by atoms with Crippen molar-refractivity contribution in [3.8, 4) is 0 Å². The largest absolute Gasteiger partial charge is 1.00 e. The molecule has 0 aromatic carbocycles. The van der Waals surface area contributed by atoms with Crippen LogP contribution < -0.4 is 12.4 Å². The molecule has 0 rings (SSSR count). The second-order valence-electron chi connectivity index (χ2n) is 0.974. The number of nitrogens with zero attached hydrogens (tertiary/aromatic N) is 1. The third-order valence-electron chi connectivity index (χ3n) is 0.355. The standard InChI is InChI=1S/C3H6Cl2N.ClH/c1-6(2-4)3-5;/h2H,3H2,1H3;1H/q+1;/p-1. The molecule has 0 heterocycles. The molecule has 0 aliphatic heterocycles. The minimum absolute atomic E-state index is 0. The zero-order valence-electron chi connectivity index (χ0n) is 3.87. The van der Waals surface area contributed by atoms with Crippen LogP contribution in [0.5, 0.6) is 0 Å². The van der Waals surface area contributed by atoms with Crippen LogP contribution in [0.25, 0.3) is 0 Å². The summed E-state index contributed by atoms with van der Waals surface area (Å²) in [5.74, 6) is 0. The Morgan fingerprint density at radius 2 is 2.14 bits per heavy atom. The first-order chi connectivity index (χ1) is 2.81. The smallest absolute Gasteiger partial charge is 0.233 e. The number of alkyl halides is 1. The van der Waals surface area contributed by atoms with E-state index in [1.54, 1.807) is 11.6 Å². The van der Waals surface area contributed by atoms with E-state index < -0.39 is 0 Å². The molecule has 0 fully saturated rings.